The molecule has 0 aromatic rings. The summed E-state index contributed by atoms with van der Waals surface area (Å²) in [5.41, 5.74) is -1.57. The molecule has 3 saturated heterocycles. The molecule has 42 heteroatoms. The Balaban J connectivity index is 1.66. The number of unbranched alkanes of at least 4 members (excludes halogenated alkanes) is 3. The fraction of sp³-hybridized carbons (Fsp3) is 0.857. The van der Waals surface area contributed by atoms with Crippen LogP contribution in [-0.2, 0) is 100 Å². The number of β-amino-alcohol motifs (C(OH)–C–C–N with tert-alkyl or cyclic N) is 1. The molecule has 3 aliphatic heterocycles. The molecule has 14 unspecified atom stereocenters. The normalized spacial score (nSPS) is 23.2. The Morgan fingerprint density at radius 1 is 0.479 bits per heavy atom. The number of amides is 11. The molecule has 0 bridgehead atoms. The van der Waals surface area contributed by atoms with Gasteiger partial charge in [-0.25, -0.2) is 0 Å². The maximum atomic E-state index is 14.6. The number of rotatable bonds is 64. The highest BCUT2D eigenvalue weighted by Gasteiger charge is 2.47. The molecule has 11 amide bonds. The molecule has 3 fully saturated rings. The van der Waals surface area contributed by atoms with Crippen LogP contribution in [0.4, 0.5) is 0 Å². The van der Waals surface area contributed by atoms with Crippen LogP contribution in [0, 0.1) is 11.8 Å². The van der Waals surface area contributed by atoms with Crippen molar-refractivity contribution in [1.82, 2.24) is 58.1 Å². The predicted octanol–water partition coefficient (Wildman–Crippen LogP) is -5.99. The summed E-state index contributed by atoms with van der Waals surface area (Å²) in [4.78, 5) is 143. The van der Waals surface area contributed by atoms with Crippen molar-refractivity contribution in [2.24, 2.45) is 11.8 Å². The Morgan fingerprint density at radius 2 is 0.882 bits per heavy atom. The SMILES string of the molecule is CC(=O)NC1C(OCCCCC(=O)NCCCNC(=O)CCOCC(COCCC(=O)NCCCNC(=O)CCCCOC2OC(CO)C(O)C(O)C2NC(C)=O)(COCCC(=O)NCCCNC(=O)CCCCOC(OC(CO)[C@@H](C)O)[C@H](CO)NC(C)=O)NC(=O)C(C)CC(C)C(=O)N2C[C@H](O)C[C@H]2COC(C)C)OC(CO)C(O)C1O. The van der Waals surface area contributed by atoms with Gasteiger partial charge in [0.15, 0.2) is 18.9 Å². The fourth-order valence-electron chi connectivity index (χ4n) is 12.9. The predicted molar refractivity (Wildman–Crippen MR) is 422 cm³/mol. The number of aliphatic hydroxyl groups is 10. The van der Waals surface area contributed by atoms with E-state index < -0.39 is 177 Å². The van der Waals surface area contributed by atoms with Crippen molar-refractivity contribution in [3.8, 4) is 0 Å². The van der Waals surface area contributed by atoms with Gasteiger partial charge in [-0.1, -0.05) is 13.8 Å². The van der Waals surface area contributed by atoms with E-state index in [2.05, 4.69) is 53.2 Å². The highest BCUT2D eigenvalue weighted by molar-refractivity contribution is 5.83. The molecule has 0 spiro atoms. The zero-order valence-corrected chi connectivity index (χ0v) is 70.3. The van der Waals surface area contributed by atoms with Gasteiger partial charge in [-0.2, -0.15) is 0 Å². The van der Waals surface area contributed by atoms with Crippen LogP contribution in [-0.4, -0.2) is 369 Å². The van der Waals surface area contributed by atoms with Gasteiger partial charge in [0.25, 0.3) is 0 Å². The average Bonchev–Trinajstić information content (AvgIpc) is 1.36. The van der Waals surface area contributed by atoms with Crippen LogP contribution < -0.4 is 53.2 Å². The summed E-state index contributed by atoms with van der Waals surface area (Å²) in [6, 6.07) is -3.61. The third-order valence-electron chi connectivity index (χ3n) is 19.5. The number of carbonyl (C=O) groups excluding carboxylic acids is 11. The van der Waals surface area contributed by atoms with E-state index in [0.717, 1.165) is 0 Å². The minimum absolute atomic E-state index is 0.0467. The first-order valence-electron chi connectivity index (χ1n) is 41.4. The molecule has 0 radical (unpaired) electrons. The number of likely N-dealkylation sites (tertiary alicyclic amines) is 1. The van der Waals surface area contributed by atoms with Gasteiger partial charge in [0.05, 0.1) is 97.0 Å². The van der Waals surface area contributed by atoms with Crippen LogP contribution in [0.5, 0.6) is 0 Å². The summed E-state index contributed by atoms with van der Waals surface area (Å²) < 4.78 is 58.2. The largest absolute Gasteiger partial charge is 0.394 e. The second-order valence-electron chi connectivity index (χ2n) is 30.6. The number of nitrogens with zero attached hydrogens (tertiary/aromatic N) is 1. The second-order valence-corrected chi connectivity index (χ2v) is 30.6. The number of ether oxygens (including phenoxy) is 10. The lowest BCUT2D eigenvalue weighted by molar-refractivity contribution is -0.270. The highest BCUT2D eigenvalue weighted by Crippen LogP contribution is 2.27. The second kappa shape index (κ2) is 60.0. The van der Waals surface area contributed by atoms with Crippen LogP contribution in [0.3, 0.4) is 0 Å². The van der Waals surface area contributed by atoms with Crippen LogP contribution in [0.25, 0.3) is 0 Å². The Morgan fingerprint density at radius 3 is 1.24 bits per heavy atom. The van der Waals surface area contributed by atoms with E-state index in [1.165, 1.54) is 27.7 Å². The number of carbonyl (C=O) groups is 11. The van der Waals surface area contributed by atoms with Crippen LogP contribution in [0.1, 0.15) is 165 Å². The van der Waals surface area contributed by atoms with E-state index in [1.54, 1.807) is 18.7 Å². The Hall–Kier alpha value is -6.63. The number of hydrogen-bond donors (Lipinski definition) is 20. The van der Waals surface area contributed by atoms with E-state index in [9.17, 15) is 104 Å². The molecule has 3 rings (SSSR count). The van der Waals surface area contributed by atoms with Crippen LogP contribution in [0.15, 0.2) is 0 Å². The average molecular weight is 1720 g/mol. The van der Waals surface area contributed by atoms with E-state index >= 15 is 0 Å². The fourth-order valence-corrected chi connectivity index (χ4v) is 12.9. The lowest BCUT2D eigenvalue weighted by Crippen LogP contribution is -2.64. The quantitative estimate of drug-likeness (QED) is 0.0199. The standard InChI is InChI=1S/C77H139N11O31/c1-47(2)116-43-54-37-55(97)38-88(54)73(109)49(4)36-48(3)72(108)87-77(44-110-33-21-63(101)81-27-15-24-78-60(98)18-9-12-30-113-74(56(39-89)84-51(6)94)117-57(40-90)50(5)93,45-111-34-22-64(102)82-28-16-25-79-61(99)19-10-13-31-114-75-66(85-52(7)95)70(106)68(104)58(41-91)118-75)46-112-35-23-65(103)83-29-17-26-80-62(100)20-11-14-32-115-76-67(86-53(8)96)71(107)69(105)59(42-92)119-76/h47-50,54-59,66-71,74-76,89-93,97,104-107H,9-46H2,1-8H3,(H,78,98)(H,79,99)(H,80,100)(H,81,101)(H,82,102)(H,83,103)(H,84,94)(H,85,95)(H,86,96)(H,87,108)/t48?,49?,50-,54+,55-,56+,57?,58?,59?,66?,67?,68?,69?,70?,71?,74?,75?,76?,77?/m1/s1. The maximum absolute atomic E-state index is 14.6. The molecule has 119 heavy (non-hydrogen) atoms. The molecule has 0 saturated carbocycles. The molecule has 42 nitrogen and oxygen atoms in total. The smallest absolute Gasteiger partial charge is 0.225 e. The van der Waals surface area contributed by atoms with E-state index in [0.29, 0.717) is 64.2 Å². The Bertz CT molecular complexity index is 2870. The number of hydrogen-bond acceptors (Lipinski definition) is 31. The third kappa shape index (κ3) is 43.3. The monoisotopic (exact) mass is 1710 g/mol. The molecule has 20 N–H and O–H groups in total. The van der Waals surface area contributed by atoms with Crippen molar-refractivity contribution in [3.63, 3.8) is 0 Å². The lowest BCUT2D eigenvalue weighted by atomic mass is 9.93. The lowest BCUT2D eigenvalue weighted by Gasteiger charge is -2.42. The molecule has 0 aliphatic carbocycles. The van der Waals surface area contributed by atoms with Gasteiger partial charge in [0.1, 0.15) is 66.4 Å². The molecule has 688 valence electrons. The van der Waals surface area contributed by atoms with Crippen molar-refractivity contribution in [1.29, 1.82) is 0 Å². The maximum Gasteiger partial charge on any atom is 0.225 e. The van der Waals surface area contributed by atoms with Gasteiger partial charge in [-0.05, 0) is 91.4 Å². The molecule has 0 aromatic heterocycles. The van der Waals surface area contributed by atoms with Gasteiger partial charge in [0, 0.05) is 137 Å². The van der Waals surface area contributed by atoms with Gasteiger partial charge in [-0.15, -0.1) is 0 Å². The number of aliphatic hydroxyl groups excluding tert-OH is 10. The third-order valence-corrected chi connectivity index (χ3v) is 19.5. The van der Waals surface area contributed by atoms with Gasteiger partial charge >= 0.3 is 0 Å². The number of nitrogens with one attached hydrogen (secondary N) is 10. The molecule has 18 atom stereocenters. The summed E-state index contributed by atoms with van der Waals surface area (Å²) in [5, 5.41) is 128. The molecule has 0 aromatic carbocycles. The van der Waals surface area contributed by atoms with E-state index in [1.807, 2.05) is 13.8 Å². The van der Waals surface area contributed by atoms with Crippen LogP contribution in [0.2, 0.25) is 0 Å². The molecule has 3 aliphatic rings. The Labute approximate surface area is 696 Å². The van der Waals surface area contributed by atoms with Gasteiger partial charge < -0.3 is 157 Å². The molecular weight excluding hydrogens is 1570 g/mol. The first kappa shape index (κ1) is 107. The first-order chi connectivity index (χ1) is 56.7. The van der Waals surface area contributed by atoms with Crippen molar-refractivity contribution < 1.29 is 151 Å². The van der Waals surface area contributed by atoms with Crippen molar-refractivity contribution in [2.45, 2.75) is 274 Å². The highest BCUT2D eigenvalue weighted by atomic mass is 16.7. The van der Waals surface area contributed by atoms with Crippen molar-refractivity contribution in [2.75, 3.05) is 138 Å². The zero-order chi connectivity index (χ0) is 88.4. The summed E-state index contributed by atoms with van der Waals surface area (Å²) in [6.07, 6.45) is -11.2. The zero-order valence-electron chi connectivity index (χ0n) is 70.3. The summed E-state index contributed by atoms with van der Waals surface area (Å²) in [7, 11) is 0. The van der Waals surface area contributed by atoms with Gasteiger partial charge in [0.2, 0.25) is 65.0 Å². The topological polar surface area (TPSA) is 606 Å². The summed E-state index contributed by atoms with van der Waals surface area (Å²) in [5.74, 6) is -5.91. The molecule has 3 heterocycles. The minimum Gasteiger partial charge on any atom is -0.394 e. The van der Waals surface area contributed by atoms with Crippen molar-refractivity contribution >= 4 is 65.0 Å². The minimum atomic E-state index is -1.57. The molecular formula is C77H139N11O31. The first-order valence-corrected chi connectivity index (χ1v) is 41.4. The van der Waals surface area contributed by atoms with E-state index in [4.69, 9.17) is 47.4 Å². The summed E-state index contributed by atoms with van der Waals surface area (Å²) in [6.45, 7) is 9.83. The Kier molecular flexibility index (Phi) is 53.7. The van der Waals surface area contributed by atoms with E-state index in [-0.39, 0.29) is 193 Å². The van der Waals surface area contributed by atoms with Gasteiger partial charge in [-0.3, -0.25) is 52.7 Å². The summed E-state index contributed by atoms with van der Waals surface area (Å²) >= 11 is 0. The van der Waals surface area contributed by atoms with Crippen LogP contribution >= 0.6 is 0 Å². The van der Waals surface area contributed by atoms with Crippen molar-refractivity contribution in [3.05, 3.63) is 0 Å².